The van der Waals surface area contributed by atoms with E-state index in [2.05, 4.69) is 11.9 Å². The minimum absolute atomic E-state index is 0.368. The zero-order valence-corrected chi connectivity index (χ0v) is 9.56. The number of benzene rings is 1. The Morgan fingerprint density at radius 3 is 3.00 bits per heavy atom. The molecule has 0 aliphatic rings. The van der Waals surface area contributed by atoms with Gasteiger partial charge in [0.2, 0.25) is 0 Å². The maximum absolute atomic E-state index is 10.1. The molecule has 0 fully saturated rings. The number of fused-ring (bicyclic) bond motifs is 1. The summed E-state index contributed by atoms with van der Waals surface area (Å²) in [6.07, 6.45) is 6.24. The molecule has 1 N–H and O–H groups in total. The van der Waals surface area contributed by atoms with Gasteiger partial charge in [0.1, 0.15) is 0 Å². The van der Waals surface area contributed by atoms with E-state index in [1.54, 1.807) is 6.20 Å². The van der Waals surface area contributed by atoms with Gasteiger partial charge in [-0.25, -0.2) is 0 Å². The molecule has 0 aliphatic heterocycles. The van der Waals surface area contributed by atoms with Crippen LogP contribution in [0.1, 0.15) is 37.9 Å². The molecule has 0 saturated carbocycles. The minimum Gasteiger partial charge on any atom is -0.388 e. The predicted molar refractivity (Wildman–Crippen MR) is 66.2 cm³/mol. The number of hydrogen-bond acceptors (Lipinski definition) is 2. The number of pyridine rings is 1. The van der Waals surface area contributed by atoms with Crippen molar-refractivity contribution in [2.24, 2.45) is 0 Å². The molecule has 1 heterocycles. The van der Waals surface area contributed by atoms with Gasteiger partial charge in [0, 0.05) is 17.8 Å². The van der Waals surface area contributed by atoms with E-state index < -0.39 is 0 Å². The van der Waals surface area contributed by atoms with Crippen LogP contribution in [-0.4, -0.2) is 10.1 Å². The summed E-state index contributed by atoms with van der Waals surface area (Å²) >= 11 is 0. The number of unbranched alkanes of at least 4 members (excludes halogenated alkanes) is 1. The molecule has 0 amide bonds. The van der Waals surface area contributed by atoms with Crippen LogP contribution in [0.25, 0.3) is 10.8 Å². The van der Waals surface area contributed by atoms with E-state index in [9.17, 15) is 5.11 Å². The fraction of sp³-hybridized carbons (Fsp3) is 0.357. The number of aromatic nitrogens is 1. The summed E-state index contributed by atoms with van der Waals surface area (Å²) in [6, 6.07) is 8.01. The summed E-state index contributed by atoms with van der Waals surface area (Å²) in [7, 11) is 0. The van der Waals surface area contributed by atoms with Crippen LogP contribution in [0.4, 0.5) is 0 Å². The van der Waals surface area contributed by atoms with Crippen LogP contribution >= 0.6 is 0 Å². The number of aliphatic hydroxyl groups excluding tert-OH is 1. The van der Waals surface area contributed by atoms with Crippen molar-refractivity contribution < 1.29 is 5.11 Å². The molecule has 0 radical (unpaired) electrons. The average Bonchev–Trinajstić information content (AvgIpc) is 2.35. The van der Waals surface area contributed by atoms with Gasteiger partial charge in [0.15, 0.2) is 0 Å². The van der Waals surface area contributed by atoms with Crippen molar-refractivity contribution >= 4 is 10.8 Å². The second-order valence-electron chi connectivity index (χ2n) is 4.10. The Kier molecular flexibility index (Phi) is 3.52. The molecule has 0 spiro atoms. The number of aliphatic hydroxyl groups is 1. The second kappa shape index (κ2) is 5.08. The van der Waals surface area contributed by atoms with Crippen LogP contribution in [0.5, 0.6) is 0 Å². The molecule has 2 heteroatoms. The first-order chi connectivity index (χ1) is 7.83. The highest BCUT2D eigenvalue weighted by molar-refractivity contribution is 5.85. The Hall–Kier alpha value is -1.41. The molecule has 2 aromatic rings. The monoisotopic (exact) mass is 215 g/mol. The van der Waals surface area contributed by atoms with Gasteiger partial charge in [-0.15, -0.1) is 0 Å². The summed E-state index contributed by atoms with van der Waals surface area (Å²) in [5.41, 5.74) is 0.999. The molecule has 1 unspecified atom stereocenters. The smallest absolute Gasteiger partial charge is 0.0796 e. The zero-order valence-electron chi connectivity index (χ0n) is 9.56. The van der Waals surface area contributed by atoms with Crippen molar-refractivity contribution in [2.45, 2.75) is 32.3 Å². The molecule has 2 rings (SSSR count). The van der Waals surface area contributed by atoms with Crippen molar-refractivity contribution in [3.8, 4) is 0 Å². The van der Waals surface area contributed by atoms with E-state index in [1.165, 1.54) is 0 Å². The lowest BCUT2D eigenvalue weighted by Gasteiger charge is -2.12. The van der Waals surface area contributed by atoms with E-state index in [1.807, 2.05) is 30.5 Å². The lowest BCUT2D eigenvalue weighted by Crippen LogP contribution is -1.98. The van der Waals surface area contributed by atoms with Gasteiger partial charge in [0.25, 0.3) is 0 Å². The average molecular weight is 215 g/mol. The molecule has 84 valence electrons. The third kappa shape index (κ3) is 2.22. The maximum atomic E-state index is 10.1. The molecular weight excluding hydrogens is 198 g/mol. The van der Waals surface area contributed by atoms with Crippen molar-refractivity contribution in [1.82, 2.24) is 4.98 Å². The predicted octanol–water partition coefficient (Wildman–Crippen LogP) is 3.46. The molecule has 16 heavy (non-hydrogen) atoms. The first-order valence-electron chi connectivity index (χ1n) is 5.83. The summed E-state index contributed by atoms with van der Waals surface area (Å²) in [5.74, 6) is 0. The summed E-state index contributed by atoms with van der Waals surface area (Å²) in [5, 5.41) is 12.3. The number of nitrogens with zero attached hydrogens (tertiary/aromatic N) is 1. The van der Waals surface area contributed by atoms with Gasteiger partial charge in [-0.1, -0.05) is 38.0 Å². The van der Waals surface area contributed by atoms with Crippen LogP contribution in [0.15, 0.2) is 36.7 Å². The van der Waals surface area contributed by atoms with Crippen LogP contribution in [0, 0.1) is 0 Å². The van der Waals surface area contributed by atoms with E-state index >= 15 is 0 Å². The molecule has 1 aromatic carbocycles. The summed E-state index contributed by atoms with van der Waals surface area (Å²) in [6.45, 7) is 2.14. The van der Waals surface area contributed by atoms with Crippen molar-refractivity contribution in [3.05, 3.63) is 42.2 Å². The van der Waals surface area contributed by atoms with Crippen LogP contribution < -0.4 is 0 Å². The Labute approximate surface area is 96.0 Å². The Morgan fingerprint density at radius 1 is 1.31 bits per heavy atom. The molecule has 1 aromatic heterocycles. The van der Waals surface area contributed by atoms with Crippen LogP contribution in [0.2, 0.25) is 0 Å². The Bertz CT molecular complexity index is 462. The first kappa shape index (κ1) is 11.1. The highest BCUT2D eigenvalue weighted by Crippen LogP contribution is 2.26. The van der Waals surface area contributed by atoms with Crippen molar-refractivity contribution in [1.29, 1.82) is 0 Å². The molecular formula is C14H17NO. The topological polar surface area (TPSA) is 33.1 Å². The zero-order chi connectivity index (χ0) is 11.4. The molecule has 0 aliphatic carbocycles. The van der Waals surface area contributed by atoms with Gasteiger partial charge in [-0.2, -0.15) is 0 Å². The molecule has 0 bridgehead atoms. The number of rotatable bonds is 4. The second-order valence-corrected chi connectivity index (χ2v) is 4.10. The summed E-state index contributed by atoms with van der Waals surface area (Å²) < 4.78 is 0. The van der Waals surface area contributed by atoms with Crippen molar-refractivity contribution in [3.63, 3.8) is 0 Å². The maximum Gasteiger partial charge on any atom is 0.0796 e. The fourth-order valence-corrected chi connectivity index (χ4v) is 1.98. The lowest BCUT2D eigenvalue weighted by molar-refractivity contribution is 0.166. The van der Waals surface area contributed by atoms with Gasteiger partial charge in [-0.3, -0.25) is 4.98 Å². The van der Waals surface area contributed by atoms with Gasteiger partial charge in [-0.05, 0) is 23.4 Å². The highest BCUT2D eigenvalue weighted by atomic mass is 16.3. The Balaban J connectivity index is 2.36. The quantitative estimate of drug-likeness (QED) is 0.847. The largest absolute Gasteiger partial charge is 0.388 e. The summed E-state index contributed by atoms with van der Waals surface area (Å²) in [4.78, 5) is 4.13. The first-order valence-corrected chi connectivity index (χ1v) is 5.83. The van der Waals surface area contributed by atoms with E-state index in [0.29, 0.717) is 0 Å². The lowest BCUT2D eigenvalue weighted by atomic mass is 9.99. The Morgan fingerprint density at radius 2 is 2.19 bits per heavy atom. The van der Waals surface area contributed by atoms with E-state index in [4.69, 9.17) is 0 Å². The van der Waals surface area contributed by atoms with Crippen molar-refractivity contribution in [2.75, 3.05) is 0 Å². The standard InChI is InChI=1S/C14H17NO/c1-2-3-7-14(16)12-6-4-5-11-8-9-15-10-13(11)12/h4-6,8-10,14,16H,2-3,7H2,1H3. The molecule has 2 nitrogen and oxygen atoms in total. The van der Waals surface area contributed by atoms with Crippen LogP contribution in [0.3, 0.4) is 0 Å². The molecule has 0 saturated heterocycles. The minimum atomic E-state index is -0.368. The highest BCUT2D eigenvalue weighted by Gasteiger charge is 2.10. The third-order valence-corrected chi connectivity index (χ3v) is 2.91. The fourth-order valence-electron chi connectivity index (χ4n) is 1.98. The van der Waals surface area contributed by atoms with Gasteiger partial charge >= 0.3 is 0 Å². The van der Waals surface area contributed by atoms with E-state index in [-0.39, 0.29) is 6.10 Å². The van der Waals surface area contributed by atoms with E-state index in [0.717, 1.165) is 35.6 Å². The molecule has 1 atom stereocenters. The van der Waals surface area contributed by atoms with Gasteiger partial charge < -0.3 is 5.11 Å². The van der Waals surface area contributed by atoms with Crippen LogP contribution in [-0.2, 0) is 0 Å². The third-order valence-electron chi connectivity index (χ3n) is 2.91. The SMILES string of the molecule is CCCCC(O)c1cccc2ccncc12. The normalized spacial score (nSPS) is 12.9. The number of hydrogen-bond donors (Lipinski definition) is 1. The van der Waals surface area contributed by atoms with Gasteiger partial charge in [0.05, 0.1) is 6.10 Å².